The van der Waals surface area contributed by atoms with E-state index in [1.807, 2.05) is 0 Å². The van der Waals surface area contributed by atoms with Crippen molar-refractivity contribution in [3.8, 4) is 0 Å². The van der Waals surface area contributed by atoms with Crippen molar-refractivity contribution >= 4 is 13.8 Å². The molecule has 0 radical (unpaired) electrons. The number of allylic oxidation sites excluding steroid dienone is 4. The summed E-state index contributed by atoms with van der Waals surface area (Å²) in [4.78, 5) is 0. The minimum atomic E-state index is -0.705. The molecule has 0 saturated carbocycles. The van der Waals surface area contributed by atoms with Gasteiger partial charge < -0.3 is 0 Å². The summed E-state index contributed by atoms with van der Waals surface area (Å²) in [5, 5.41) is 1.10. The van der Waals surface area contributed by atoms with Crippen LogP contribution in [-0.2, 0) is 0 Å². The number of hydrogen-bond donors (Lipinski definition) is 0. The predicted octanol–water partition coefficient (Wildman–Crippen LogP) is 2.83. The molecular formula is C10H13P. The predicted molar refractivity (Wildman–Crippen MR) is 56.9 cm³/mol. The molecule has 1 saturated heterocycles. The van der Waals surface area contributed by atoms with Crippen molar-refractivity contribution in [2.24, 2.45) is 0 Å². The van der Waals surface area contributed by atoms with Crippen molar-refractivity contribution in [1.29, 1.82) is 0 Å². The van der Waals surface area contributed by atoms with Gasteiger partial charge in [-0.15, -0.1) is 0 Å². The maximum absolute atomic E-state index is 4.05. The van der Waals surface area contributed by atoms with Crippen LogP contribution in [0.1, 0.15) is 0 Å². The van der Waals surface area contributed by atoms with Crippen LogP contribution in [0.25, 0.3) is 0 Å². The highest BCUT2D eigenvalue weighted by molar-refractivity contribution is 7.60. The first-order chi connectivity index (χ1) is 5.04. The van der Waals surface area contributed by atoms with Crippen molar-refractivity contribution in [2.45, 2.75) is 0 Å². The fraction of sp³-hybridized carbons (Fsp3) is 0.100. The van der Waals surface area contributed by atoms with Crippen LogP contribution in [0, 0.1) is 0 Å². The van der Waals surface area contributed by atoms with Crippen LogP contribution in [-0.4, -0.2) is 12.5 Å². The molecule has 0 amide bonds. The molecule has 1 heteroatoms. The van der Waals surface area contributed by atoms with Gasteiger partial charge in [0.2, 0.25) is 0 Å². The summed E-state index contributed by atoms with van der Waals surface area (Å²) < 4.78 is 0. The average molecular weight is 164 g/mol. The quantitative estimate of drug-likeness (QED) is 0.483. The summed E-state index contributed by atoms with van der Waals surface area (Å²) in [7, 11) is -0.705. The molecular weight excluding hydrogens is 151 g/mol. The van der Waals surface area contributed by atoms with Gasteiger partial charge in [0.1, 0.15) is 0 Å². The molecule has 0 aromatic rings. The molecule has 0 bridgehead atoms. The van der Waals surface area contributed by atoms with Crippen LogP contribution in [0.2, 0.25) is 0 Å². The Bertz CT molecular complexity index is 264. The maximum Gasteiger partial charge on any atom is -0.00670 e. The molecule has 1 unspecified atom stereocenters. The van der Waals surface area contributed by atoms with Gasteiger partial charge >= 0.3 is 0 Å². The first kappa shape index (κ1) is 8.36. The zero-order valence-electron chi connectivity index (χ0n) is 6.74. The highest BCUT2D eigenvalue weighted by atomic mass is 31.1. The van der Waals surface area contributed by atoms with Gasteiger partial charge in [-0.1, -0.05) is 40.2 Å². The Morgan fingerprint density at radius 2 is 1.55 bits per heavy atom. The molecule has 1 rings (SSSR count). The van der Waals surface area contributed by atoms with Gasteiger partial charge in [0.05, 0.1) is 0 Å². The third-order valence-electron chi connectivity index (χ3n) is 2.01. The maximum atomic E-state index is 4.05. The molecule has 1 fully saturated rings. The van der Waals surface area contributed by atoms with Crippen molar-refractivity contribution in [3.05, 3.63) is 48.3 Å². The van der Waals surface area contributed by atoms with Gasteiger partial charge in [-0.05, 0) is 28.2 Å². The van der Waals surface area contributed by atoms with Crippen LogP contribution in [0.5, 0.6) is 0 Å². The van der Waals surface area contributed by atoms with E-state index in [9.17, 15) is 0 Å². The number of hydrogen-bond acceptors (Lipinski definition) is 0. The highest BCUT2D eigenvalue weighted by Gasteiger charge is 2.16. The van der Waals surface area contributed by atoms with Crippen molar-refractivity contribution in [3.63, 3.8) is 0 Å². The van der Waals surface area contributed by atoms with E-state index in [1.54, 1.807) is 0 Å². The second-order valence-corrected chi connectivity index (χ2v) is 4.98. The first-order valence-electron chi connectivity index (χ1n) is 3.47. The lowest BCUT2D eigenvalue weighted by atomic mass is 10.0. The van der Waals surface area contributed by atoms with Gasteiger partial charge in [-0.3, -0.25) is 0 Å². The topological polar surface area (TPSA) is 0 Å². The first-order valence-corrected chi connectivity index (χ1v) is 5.39. The molecule has 0 spiro atoms. The molecule has 1 aliphatic rings. The van der Waals surface area contributed by atoms with Crippen LogP contribution >= 0.6 is 7.55 Å². The zero-order valence-corrected chi connectivity index (χ0v) is 7.74. The second kappa shape index (κ2) is 2.71. The van der Waals surface area contributed by atoms with Crippen molar-refractivity contribution in [1.82, 2.24) is 0 Å². The van der Waals surface area contributed by atoms with Crippen LogP contribution in [0.4, 0.5) is 0 Å². The fourth-order valence-corrected chi connectivity index (χ4v) is 2.60. The van der Waals surface area contributed by atoms with Crippen molar-refractivity contribution < 1.29 is 0 Å². The van der Waals surface area contributed by atoms with E-state index in [-0.39, 0.29) is 0 Å². The Balaban J connectivity index is 3.06. The molecule has 0 N–H and O–H groups in total. The molecule has 1 aliphatic heterocycles. The lowest BCUT2D eigenvalue weighted by Crippen LogP contribution is -2.01. The Morgan fingerprint density at radius 1 is 1.00 bits per heavy atom. The van der Waals surface area contributed by atoms with E-state index in [2.05, 4.69) is 32.6 Å². The lowest BCUT2D eigenvalue weighted by molar-refractivity contribution is 1.39. The molecule has 1 atom stereocenters. The molecule has 0 aromatic carbocycles. The summed E-state index contributed by atoms with van der Waals surface area (Å²) in [6.45, 7) is 15.6. The Kier molecular flexibility index (Phi) is 2.06. The molecule has 11 heavy (non-hydrogen) atoms. The molecule has 0 aromatic heterocycles. The van der Waals surface area contributed by atoms with Crippen LogP contribution in [0.3, 0.4) is 0 Å². The van der Waals surface area contributed by atoms with E-state index in [1.165, 1.54) is 0 Å². The standard InChI is InChI=1S/C10H13P/c1-7-6-11(5)10(4)9(3)8(7)2/h11H,1-6H2. The number of rotatable bonds is 0. The van der Waals surface area contributed by atoms with E-state index in [0.717, 1.165) is 28.2 Å². The Morgan fingerprint density at radius 3 is 2.09 bits per heavy atom. The van der Waals surface area contributed by atoms with E-state index >= 15 is 0 Å². The Hall–Kier alpha value is -0.740. The van der Waals surface area contributed by atoms with Gasteiger partial charge in [0.25, 0.3) is 0 Å². The van der Waals surface area contributed by atoms with Gasteiger partial charge in [-0.2, -0.15) is 0 Å². The van der Waals surface area contributed by atoms with E-state index in [0.29, 0.717) is 0 Å². The normalized spacial score (nSPS) is 26.0. The third kappa shape index (κ3) is 1.32. The second-order valence-electron chi connectivity index (χ2n) is 2.82. The smallest absolute Gasteiger partial charge is 0.00670 e. The summed E-state index contributed by atoms with van der Waals surface area (Å²) in [5.41, 5.74) is 3.02. The highest BCUT2D eigenvalue weighted by Crippen LogP contribution is 2.45. The lowest BCUT2D eigenvalue weighted by Gasteiger charge is -2.23. The van der Waals surface area contributed by atoms with E-state index in [4.69, 9.17) is 0 Å². The zero-order chi connectivity index (χ0) is 8.59. The van der Waals surface area contributed by atoms with E-state index < -0.39 is 7.55 Å². The molecule has 58 valence electrons. The third-order valence-corrected chi connectivity index (χ3v) is 4.02. The van der Waals surface area contributed by atoms with Gasteiger partial charge in [0.15, 0.2) is 0 Å². The summed E-state index contributed by atoms with van der Waals surface area (Å²) in [6.07, 6.45) is 5.03. The summed E-state index contributed by atoms with van der Waals surface area (Å²) >= 11 is 0. The summed E-state index contributed by atoms with van der Waals surface area (Å²) in [5.74, 6) is 0. The molecule has 1 heterocycles. The largest absolute Gasteiger partial charge is 0.0990 e. The van der Waals surface area contributed by atoms with Crippen LogP contribution in [0.15, 0.2) is 48.3 Å². The monoisotopic (exact) mass is 164 g/mol. The van der Waals surface area contributed by atoms with Gasteiger partial charge in [-0.25, -0.2) is 0 Å². The molecule has 0 nitrogen and oxygen atoms in total. The minimum absolute atomic E-state index is 0.705. The van der Waals surface area contributed by atoms with Crippen molar-refractivity contribution in [2.75, 3.05) is 6.16 Å². The average Bonchev–Trinajstić information content (AvgIpc) is 1.97. The SMILES string of the molecule is C=C1C[PH](=C)C(=C)C(=C)C1=C. The van der Waals surface area contributed by atoms with Crippen LogP contribution < -0.4 is 0 Å². The molecule has 0 aliphatic carbocycles. The fourth-order valence-electron chi connectivity index (χ4n) is 1.08. The summed E-state index contributed by atoms with van der Waals surface area (Å²) in [6, 6.07) is 0. The van der Waals surface area contributed by atoms with Gasteiger partial charge in [0, 0.05) is 0 Å². The Labute approximate surface area is 69.0 Å². The minimum Gasteiger partial charge on any atom is -0.0990 e.